The van der Waals surface area contributed by atoms with Gasteiger partial charge in [-0.1, -0.05) is 99.6 Å². The topological polar surface area (TPSA) is 41.1 Å². The monoisotopic (exact) mass is 400 g/mol. The molecule has 2 N–H and O–H groups in total. The highest BCUT2D eigenvalue weighted by atomic mass is 16.2. The lowest BCUT2D eigenvalue weighted by atomic mass is 9.84. The number of aryl methyl sites for hydroxylation is 1. The molecule has 0 aliphatic heterocycles. The number of para-hydroxylation sites is 1. The summed E-state index contributed by atoms with van der Waals surface area (Å²) in [7, 11) is 0. The Hall–Kier alpha value is -3.07. The van der Waals surface area contributed by atoms with E-state index in [9.17, 15) is 4.79 Å². The minimum Gasteiger partial charge on any atom is -0.338 e. The van der Waals surface area contributed by atoms with E-state index in [1.165, 1.54) is 11.1 Å². The first-order valence-corrected chi connectivity index (χ1v) is 10.6. The first-order valence-electron chi connectivity index (χ1n) is 10.6. The molecule has 0 heterocycles. The molecule has 0 fully saturated rings. The molecule has 0 saturated heterocycles. The zero-order valence-corrected chi connectivity index (χ0v) is 18.4. The maximum atomic E-state index is 12.7. The fraction of sp³-hybridized carbons (Fsp3) is 0.296. The second kappa shape index (κ2) is 9.62. The molecule has 3 rings (SSSR count). The first-order chi connectivity index (χ1) is 14.4. The first kappa shape index (κ1) is 21.6. The van der Waals surface area contributed by atoms with Crippen molar-refractivity contribution in [3.63, 3.8) is 0 Å². The van der Waals surface area contributed by atoms with Gasteiger partial charge in [0.1, 0.15) is 0 Å². The minimum atomic E-state index is -0.158. The number of nitrogens with one attached hydrogen (secondary N) is 2. The lowest BCUT2D eigenvalue weighted by Crippen LogP contribution is -2.31. The second-order valence-electron chi connectivity index (χ2n) is 8.79. The van der Waals surface area contributed by atoms with Crippen LogP contribution < -0.4 is 10.6 Å². The van der Waals surface area contributed by atoms with E-state index in [-0.39, 0.29) is 17.4 Å². The molecule has 2 amide bonds. The third kappa shape index (κ3) is 5.50. The molecule has 0 aliphatic rings. The van der Waals surface area contributed by atoms with Crippen LogP contribution in [-0.4, -0.2) is 12.6 Å². The summed E-state index contributed by atoms with van der Waals surface area (Å²) in [6.07, 6.45) is 0.835. The standard InChI is InChI=1S/C27H32N2O/c1-20-12-11-17-24(27(2,3)4)25(20)29-26(30)28-19-18-23(21-13-7-5-8-14-21)22-15-9-6-10-16-22/h5-17,23H,18-19H2,1-4H3,(H2,28,29,30). The Bertz CT molecular complexity index is 920. The highest BCUT2D eigenvalue weighted by molar-refractivity contribution is 5.91. The highest BCUT2D eigenvalue weighted by Crippen LogP contribution is 2.32. The molecule has 0 radical (unpaired) electrons. The summed E-state index contributed by atoms with van der Waals surface area (Å²) in [5.74, 6) is 0.247. The maximum absolute atomic E-state index is 12.7. The van der Waals surface area contributed by atoms with Gasteiger partial charge >= 0.3 is 6.03 Å². The van der Waals surface area contributed by atoms with Crippen molar-refractivity contribution in [3.05, 3.63) is 101 Å². The van der Waals surface area contributed by atoms with Gasteiger partial charge in [-0.2, -0.15) is 0 Å². The molecule has 30 heavy (non-hydrogen) atoms. The van der Waals surface area contributed by atoms with Crippen LogP contribution >= 0.6 is 0 Å². The van der Waals surface area contributed by atoms with Gasteiger partial charge in [0.15, 0.2) is 0 Å². The van der Waals surface area contributed by atoms with Crippen molar-refractivity contribution in [1.29, 1.82) is 0 Å². The van der Waals surface area contributed by atoms with E-state index in [2.05, 4.69) is 86.0 Å². The molecule has 0 atom stereocenters. The lowest BCUT2D eigenvalue weighted by molar-refractivity contribution is 0.252. The molecule has 0 unspecified atom stereocenters. The van der Waals surface area contributed by atoms with Crippen LogP contribution in [0.15, 0.2) is 78.9 Å². The van der Waals surface area contributed by atoms with E-state index in [4.69, 9.17) is 0 Å². The van der Waals surface area contributed by atoms with Gasteiger partial charge in [-0.25, -0.2) is 4.79 Å². The van der Waals surface area contributed by atoms with Crippen molar-refractivity contribution >= 4 is 11.7 Å². The fourth-order valence-corrected chi connectivity index (χ4v) is 3.84. The van der Waals surface area contributed by atoms with E-state index < -0.39 is 0 Å². The van der Waals surface area contributed by atoms with E-state index in [0.29, 0.717) is 6.54 Å². The molecule has 156 valence electrons. The van der Waals surface area contributed by atoms with Gasteiger partial charge in [0.05, 0.1) is 0 Å². The number of amides is 2. The van der Waals surface area contributed by atoms with E-state index in [1.807, 2.05) is 31.2 Å². The van der Waals surface area contributed by atoms with Gasteiger partial charge < -0.3 is 10.6 Å². The van der Waals surface area contributed by atoms with Crippen LogP contribution in [0.25, 0.3) is 0 Å². The molecule has 0 saturated carbocycles. The Labute approximate surface area is 180 Å². The lowest BCUT2D eigenvalue weighted by Gasteiger charge is -2.25. The van der Waals surface area contributed by atoms with Crippen LogP contribution in [0.5, 0.6) is 0 Å². The molecule has 0 bridgehead atoms. The number of hydrogen-bond acceptors (Lipinski definition) is 1. The van der Waals surface area contributed by atoms with E-state index in [1.54, 1.807) is 0 Å². The molecule has 3 aromatic carbocycles. The number of carbonyl (C=O) groups is 1. The second-order valence-corrected chi connectivity index (χ2v) is 8.79. The molecular weight excluding hydrogens is 368 g/mol. The van der Waals surface area contributed by atoms with Crippen LogP contribution in [0.4, 0.5) is 10.5 Å². The zero-order valence-electron chi connectivity index (χ0n) is 18.4. The number of urea groups is 1. The maximum Gasteiger partial charge on any atom is 0.319 e. The van der Waals surface area contributed by atoms with Crippen molar-refractivity contribution < 1.29 is 4.79 Å². The van der Waals surface area contributed by atoms with Gasteiger partial charge in [0.25, 0.3) is 0 Å². The Balaban J connectivity index is 1.68. The average molecular weight is 401 g/mol. The van der Waals surface area contributed by atoms with Gasteiger partial charge in [-0.15, -0.1) is 0 Å². The van der Waals surface area contributed by atoms with Crippen molar-refractivity contribution in [2.24, 2.45) is 0 Å². The van der Waals surface area contributed by atoms with Crippen LogP contribution in [-0.2, 0) is 5.41 Å². The number of carbonyl (C=O) groups excluding carboxylic acids is 1. The molecule has 3 nitrogen and oxygen atoms in total. The zero-order chi connectivity index (χ0) is 21.6. The molecule has 3 heteroatoms. The summed E-state index contributed by atoms with van der Waals surface area (Å²) in [6.45, 7) is 9.11. The number of benzene rings is 3. The summed E-state index contributed by atoms with van der Waals surface area (Å²) >= 11 is 0. The minimum absolute atomic E-state index is 0.0413. The average Bonchev–Trinajstić information content (AvgIpc) is 2.73. The Morgan fingerprint density at radius 1 is 0.833 bits per heavy atom. The van der Waals surface area contributed by atoms with Crippen LogP contribution in [0.2, 0.25) is 0 Å². The van der Waals surface area contributed by atoms with E-state index in [0.717, 1.165) is 23.2 Å². The molecule has 0 aromatic heterocycles. The van der Waals surface area contributed by atoms with Crippen molar-refractivity contribution in [1.82, 2.24) is 5.32 Å². The van der Waals surface area contributed by atoms with Gasteiger partial charge in [-0.05, 0) is 41.0 Å². The summed E-state index contributed by atoms with van der Waals surface area (Å²) in [5, 5.41) is 6.15. The fourth-order valence-electron chi connectivity index (χ4n) is 3.84. The third-order valence-electron chi connectivity index (χ3n) is 5.44. The number of anilines is 1. The summed E-state index contributed by atoms with van der Waals surface area (Å²) in [5.41, 5.74) is 5.61. The smallest absolute Gasteiger partial charge is 0.319 e. The third-order valence-corrected chi connectivity index (χ3v) is 5.44. The van der Waals surface area contributed by atoms with E-state index >= 15 is 0 Å². The van der Waals surface area contributed by atoms with Crippen LogP contribution in [0.3, 0.4) is 0 Å². The summed E-state index contributed by atoms with van der Waals surface area (Å²) < 4.78 is 0. The van der Waals surface area contributed by atoms with Gasteiger partial charge in [0.2, 0.25) is 0 Å². The SMILES string of the molecule is Cc1cccc(C(C)(C)C)c1NC(=O)NCCC(c1ccccc1)c1ccccc1. The van der Waals surface area contributed by atoms with Crippen molar-refractivity contribution in [2.45, 2.75) is 45.4 Å². The predicted octanol–water partition coefficient (Wildman–Crippen LogP) is 6.64. The van der Waals surface area contributed by atoms with Gasteiger partial charge in [-0.3, -0.25) is 0 Å². The summed E-state index contributed by atoms with van der Waals surface area (Å²) in [4.78, 5) is 12.7. The highest BCUT2D eigenvalue weighted by Gasteiger charge is 2.20. The van der Waals surface area contributed by atoms with Crippen molar-refractivity contribution in [3.8, 4) is 0 Å². The Kier molecular flexibility index (Phi) is 6.94. The van der Waals surface area contributed by atoms with Crippen LogP contribution in [0.1, 0.15) is 55.4 Å². The Morgan fingerprint density at radius 2 is 1.40 bits per heavy atom. The largest absolute Gasteiger partial charge is 0.338 e. The van der Waals surface area contributed by atoms with Crippen LogP contribution in [0, 0.1) is 6.92 Å². The predicted molar refractivity (Wildman–Crippen MR) is 126 cm³/mol. The Morgan fingerprint density at radius 3 is 1.93 bits per heavy atom. The normalized spacial score (nSPS) is 11.4. The van der Waals surface area contributed by atoms with Crippen molar-refractivity contribution in [2.75, 3.05) is 11.9 Å². The quantitative estimate of drug-likeness (QED) is 0.479. The molecule has 0 spiro atoms. The summed E-state index contributed by atoms with van der Waals surface area (Å²) in [6, 6.07) is 27.0. The molecule has 3 aromatic rings. The molecule has 0 aliphatic carbocycles. The van der Waals surface area contributed by atoms with Gasteiger partial charge in [0, 0.05) is 18.2 Å². The number of hydrogen-bond donors (Lipinski definition) is 2. The molecular formula is C27H32N2O. The number of rotatable bonds is 6.